The van der Waals surface area contributed by atoms with Crippen molar-refractivity contribution >= 4 is 21.6 Å². The number of rotatable bonds is 2. The molecule has 15 heavy (non-hydrogen) atoms. The lowest BCUT2D eigenvalue weighted by molar-refractivity contribution is 0.309. The fraction of sp³-hybridized carbons (Fsp3) is 0.538. The van der Waals surface area contributed by atoms with Crippen LogP contribution in [0, 0.1) is 19.8 Å². The molecule has 1 nitrogen and oxygen atoms in total. The molecule has 0 unspecified atom stereocenters. The van der Waals surface area contributed by atoms with Gasteiger partial charge in [-0.1, -0.05) is 13.0 Å². The first-order valence-corrected chi connectivity index (χ1v) is 6.39. The molecule has 0 spiro atoms. The minimum Gasteiger partial charge on any atom is -0.381 e. The van der Waals surface area contributed by atoms with Gasteiger partial charge in [0.05, 0.1) is 5.69 Å². The molecular weight excluding hydrogens is 250 g/mol. The highest BCUT2D eigenvalue weighted by atomic mass is 79.9. The highest BCUT2D eigenvalue weighted by molar-refractivity contribution is 9.10. The number of benzene rings is 1. The molecule has 0 heterocycles. The highest BCUT2D eigenvalue weighted by Crippen LogP contribution is 2.34. The third-order valence-corrected chi connectivity index (χ3v) is 3.78. The Kier molecular flexibility index (Phi) is 3.06. The van der Waals surface area contributed by atoms with Crippen LogP contribution < -0.4 is 5.32 Å². The molecule has 0 radical (unpaired) electrons. The summed E-state index contributed by atoms with van der Waals surface area (Å²) in [6.45, 7) is 6.62. The van der Waals surface area contributed by atoms with Crippen LogP contribution in [-0.2, 0) is 0 Å². The van der Waals surface area contributed by atoms with Crippen LogP contribution in [-0.4, -0.2) is 6.04 Å². The second-order valence-corrected chi connectivity index (χ2v) is 5.71. The van der Waals surface area contributed by atoms with Crippen LogP contribution in [0.3, 0.4) is 0 Å². The summed E-state index contributed by atoms with van der Waals surface area (Å²) in [6.07, 6.45) is 2.61. The SMILES string of the molecule is Cc1cc(C)c(NC2CC(C)C2)c(Br)c1. The molecule has 1 aromatic rings. The predicted molar refractivity (Wildman–Crippen MR) is 69.4 cm³/mol. The molecule has 1 aliphatic carbocycles. The van der Waals surface area contributed by atoms with Crippen LogP contribution >= 0.6 is 15.9 Å². The van der Waals surface area contributed by atoms with Crippen LogP contribution in [0.5, 0.6) is 0 Å². The fourth-order valence-electron chi connectivity index (χ4n) is 2.32. The molecule has 0 bridgehead atoms. The van der Waals surface area contributed by atoms with Crippen LogP contribution in [0.1, 0.15) is 30.9 Å². The maximum atomic E-state index is 3.63. The minimum atomic E-state index is 0.678. The van der Waals surface area contributed by atoms with Gasteiger partial charge in [-0.25, -0.2) is 0 Å². The summed E-state index contributed by atoms with van der Waals surface area (Å²) in [4.78, 5) is 0. The standard InChI is InChI=1S/C13H18BrN/c1-8-4-10(3)13(12(14)7-8)15-11-5-9(2)6-11/h4,7,9,11,15H,5-6H2,1-3H3. The molecule has 1 saturated carbocycles. The maximum Gasteiger partial charge on any atom is 0.0516 e. The molecule has 0 atom stereocenters. The minimum absolute atomic E-state index is 0.678. The van der Waals surface area contributed by atoms with Crippen molar-refractivity contribution in [2.24, 2.45) is 5.92 Å². The Balaban J connectivity index is 2.14. The summed E-state index contributed by atoms with van der Waals surface area (Å²) < 4.78 is 1.19. The molecule has 2 heteroatoms. The van der Waals surface area contributed by atoms with Crippen LogP contribution in [0.2, 0.25) is 0 Å². The van der Waals surface area contributed by atoms with E-state index in [1.807, 2.05) is 0 Å². The average Bonchev–Trinajstić information content (AvgIpc) is 2.07. The van der Waals surface area contributed by atoms with Crippen molar-refractivity contribution in [1.29, 1.82) is 0 Å². The van der Waals surface area contributed by atoms with E-state index in [0.717, 1.165) is 5.92 Å². The number of halogens is 1. The van der Waals surface area contributed by atoms with Gasteiger partial charge in [-0.3, -0.25) is 0 Å². The first-order chi connectivity index (χ1) is 7.06. The largest absolute Gasteiger partial charge is 0.381 e. The second-order valence-electron chi connectivity index (χ2n) is 4.86. The monoisotopic (exact) mass is 267 g/mol. The molecule has 1 aliphatic rings. The number of hydrogen-bond donors (Lipinski definition) is 1. The van der Waals surface area contributed by atoms with E-state index < -0.39 is 0 Å². The number of aryl methyl sites for hydroxylation is 2. The third kappa shape index (κ3) is 2.36. The Hall–Kier alpha value is -0.500. The number of anilines is 1. The fourth-order valence-corrected chi connectivity index (χ4v) is 3.11. The quantitative estimate of drug-likeness (QED) is 0.844. The predicted octanol–water partition coefficient (Wildman–Crippen LogP) is 4.28. The Labute approximate surface area is 100 Å². The topological polar surface area (TPSA) is 12.0 Å². The lowest BCUT2D eigenvalue weighted by atomic mass is 9.81. The molecule has 2 rings (SSSR count). The van der Waals surface area contributed by atoms with Crippen LogP contribution in [0.25, 0.3) is 0 Å². The van der Waals surface area contributed by atoms with Gasteiger partial charge in [-0.05, 0) is 65.7 Å². The maximum absolute atomic E-state index is 3.63. The Morgan fingerprint density at radius 1 is 1.27 bits per heavy atom. The molecule has 0 aromatic heterocycles. The summed E-state index contributed by atoms with van der Waals surface area (Å²) in [5.74, 6) is 0.895. The third-order valence-electron chi connectivity index (χ3n) is 3.15. The van der Waals surface area contributed by atoms with E-state index in [1.54, 1.807) is 0 Å². The number of hydrogen-bond acceptors (Lipinski definition) is 1. The van der Waals surface area contributed by atoms with Crippen molar-refractivity contribution in [3.05, 3.63) is 27.7 Å². The zero-order valence-electron chi connectivity index (χ0n) is 9.60. The first-order valence-electron chi connectivity index (χ1n) is 5.59. The van der Waals surface area contributed by atoms with Crippen molar-refractivity contribution in [3.8, 4) is 0 Å². The Morgan fingerprint density at radius 3 is 2.47 bits per heavy atom. The summed E-state index contributed by atoms with van der Waals surface area (Å²) in [7, 11) is 0. The lowest BCUT2D eigenvalue weighted by Gasteiger charge is -2.35. The van der Waals surface area contributed by atoms with E-state index >= 15 is 0 Å². The summed E-state index contributed by atoms with van der Waals surface area (Å²) in [5, 5.41) is 3.63. The van der Waals surface area contributed by atoms with Gasteiger partial charge in [0.1, 0.15) is 0 Å². The van der Waals surface area contributed by atoms with Gasteiger partial charge < -0.3 is 5.32 Å². The molecule has 0 saturated heterocycles. The van der Waals surface area contributed by atoms with Gasteiger partial charge in [0.25, 0.3) is 0 Å². The van der Waals surface area contributed by atoms with Crippen molar-refractivity contribution < 1.29 is 0 Å². The molecule has 1 aromatic carbocycles. The van der Waals surface area contributed by atoms with E-state index in [2.05, 4.69) is 54.2 Å². The summed E-state index contributed by atoms with van der Waals surface area (Å²) in [6, 6.07) is 5.09. The van der Waals surface area contributed by atoms with Gasteiger partial charge in [-0.15, -0.1) is 0 Å². The smallest absolute Gasteiger partial charge is 0.0516 e. The number of nitrogens with one attached hydrogen (secondary N) is 1. The summed E-state index contributed by atoms with van der Waals surface area (Å²) >= 11 is 3.63. The zero-order valence-corrected chi connectivity index (χ0v) is 11.2. The molecule has 1 fully saturated rings. The van der Waals surface area contributed by atoms with E-state index in [4.69, 9.17) is 0 Å². The van der Waals surface area contributed by atoms with Gasteiger partial charge in [0.2, 0.25) is 0 Å². The molecular formula is C13H18BrN. The van der Waals surface area contributed by atoms with Crippen LogP contribution in [0.15, 0.2) is 16.6 Å². The second kappa shape index (κ2) is 4.17. The van der Waals surface area contributed by atoms with E-state index in [9.17, 15) is 0 Å². The summed E-state index contributed by atoms with van der Waals surface area (Å²) in [5.41, 5.74) is 3.92. The highest BCUT2D eigenvalue weighted by Gasteiger charge is 2.25. The van der Waals surface area contributed by atoms with Crippen molar-refractivity contribution in [2.75, 3.05) is 5.32 Å². The molecule has 0 amide bonds. The molecule has 1 N–H and O–H groups in total. The normalized spacial score (nSPS) is 24.8. The van der Waals surface area contributed by atoms with Gasteiger partial charge in [0.15, 0.2) is 0 Å². The Bertz CT molecular complexity index is 344. The lowest BCUT2D eigenvalue weighted by Crippen LogP contribution is -2.34. The average molecular weight is 268 g/mol. The van der Waals surface area contributed by atoms with E-state index in [-0.39, 0.29) is 0 Å². The van der Waals surface area contributed by atoms with Crippen molar-refractivity contribution in [3.63, 3.8) is 0 Å². The van der Waals surface area contributed by atoms with E-state index in [1.165, 1.54) is 34.1 Å². The zero-order chi connectivity index (χ0) is 11.0. The molecule has 0 aliphatic heterocycles. The van der Waals surface area contributed by atoms with Gasteiger partial charge >= 0.3 is 0 Å². The van der Waals surface area contributed by atoms with E-state index in [0.29, 0.717) is 6.04 Å². The van der Waals surface area contributed by atoms with Crippen molar-refractivity contribution in [2.45, 2.75) is 39.7 Å². The molecule has 82 valence electrons. The van der Waals surface area contributed by atoms with Gasteiger partial charge in [0, 0.05) is 10.5 Å². The Morgan fingerprint density at radius 2 is 1.93 bits per heavy atom. The first kappa shape index (κ1) is 11.0. The van der Waals surface area contributed by atoms with Gasteiger partial charge in [-0.2, -0.15) is 0 Å². The van der Waals surface area contributed by atoms with Crippen molar-refractivity contribution in [1.82, 2.24) is 0 Å². The van der Waals surface area contributed by atoms with Crippen LogP contribution in [0.4, 0.5) is 5.69 Å².